The normalized spacial score (nSPS) is 15.8. The molecular formula is C21H22F3N7O2. The predicted octanol–water partition coefficient (Wildman–Crippen LogP) is 3.26. The number of pyridine rings is 1. The van der Waals surface area contributed by atoms with Crippen molar-refractivity contribution < 1.29 is 22.8 Å². The number of amides is 2. The Morgan fingerprint density at radius 2 is 2.00 bits per heavy atom. The van der Waals surface area contributed by atoms with Crippen molar-refractivity contribution in [3.05, 3.63) is 42.5 Å². The van der Waals surface area contributed by atoms with Gasteiger partial charge in [0.2, 0.25) is 5.91 Å². The molecule has 0 aromatic carbocycles. The van der Waals surface area contributed by atoms with Gasteiger partial charge < -0.3 is 5.32 Å². The van der Waals surface area contributed by atoms with Gasteiger partial charge in [0, 0.05) is 30.8 Å². The van der Waals surface area contributed by atoms with Crippen molar-refractivity contribution in [1.29, 1.82) is 0 Å². The van der Waals surface area contributed by atoms with Crippen molar-refractivity contribution in [2.45, 2.75) is 33.0 Å². The second-order valence-electron chi connectivity index (χ2n) is 8.53. The van der Waals surface area contributed by atoms with Crippen LogP contribution in [0.25, 0.3) is 11.3 Å². The highest BCUT2D eigenvalue weighted by Gasteiger charge is 2.41. The van der Waals surface area contributed by atoms with Crippen molar-refractivity contribution in [3.63, 3.8) is 0 Å². The van der Waals surface area contributed by atoms with E-state index in [9.17, 15) is 22.8 Å². The quantitative estimate of drug-likeness (QED) is 0.629. The van der Waals surface area contributed by atoms with Crippen LogP contribution in [0.5, 0.6) is 0 Å². The standard InChI is InChI=1S/C21H22F3N7O2/c1-20(2)7-8-31(19(20)33)17-16(11-29(3)28-17)27-18(32)15-6-4-5-14(26-15)13-9-25-30(10-13)12-21(22,23)24/h4-6,9-11H,7-8,12H2,1-3H3,(H,27,32). The van der Waals surface area contributed by atoms with E-state index >= 15 is 0 Å². The molecule has 4 heterocycles. The van der Waals surface area contributed by atoms with Gasteiger partial charge in [-0.15, -0.1) is 0 Å². The van der Waals surface area contributed by atoms with Gasteiger partial charge in [0.25, 0.3) is 5.91 Å². The molecule has 174 valence electrons. The average molecular weight is 461 g/mol. The van der Waals surface area contributed by atoms with Crippen LogP contribution in [0.3, 0.4) is 0 Å². The molecule has 33 heavy (non-hydrogen) atoms. The molecule has 1 N–H and O–H groups in total. The third-order valence-corrected chi connectivity index (χ3v) is 5.35. The molecule has 0 bridgehead atoms. The molecular weight excluding hydrogens is 439 g/mol. The Hall–Kier alpha value is -3.70. The third kappa shape index (κ3) is 4.73. The number of hydrogen-bond donors (Lipinski definition) is 1. The first-order chi connectivity index (χ1) is 15.4. The predicted molar refractivity (Wildman–Crippen MR) is 113 cm³/mol. The topological polar surface area (TPSA) is 97.9 Å². The van der Waals surface area contributed by atoms with Gasteiger partial charge in [0.1, 0.15) is 17.9 Å². The van der Waals surface area contributed by atoms with Gasteiger partial charge in [0.05, 0.1) is 18.1 Å². The summed E-state index contributed by atoms with van der Waals surface area (Å²) in [5.41, 5.74) is 0.558. The number of halogens is 3. The number of nitrogens with zero attached hydrogens (tertiary/aromatic N) is 6. The highest BCUT2D eigenvalue weighted by atomic mass is 19.4. The highest BCUT2D eigenvalue weighted by Crippen LogP contribution is 2.36. The number of aromatic nitrogens is 5. The summed E-state index contributed by atoms with van der Waals surface area (Å²) in [6, 6.07) is 4.64. The van der Waals surface area contributed by atoms with Gasteiger partial charge in [0.15, 0.2) is 5.82 Å². The first-order valence-corrected chi connectivity index (χ1v) is 10.2. The van der Waals surface area contributed by atoms with E-state index < -0.39 is 24.0 Å². The lowest BCUT2D eigenvalue weighted by molar-refractivity contribution is -0.142. The van der Waals surface area contributed by atoms with E-state index in [-0.39, 0.29) is 11.6 Å². The molecule has 0 unspecified atom stereocenters. The summed E-state index contributed by atoms with van der Waals surface area (Å²) in [6.45, 7) is 3.00. The van der Waals surface area contributed by atoms with Crippen LogP contribution in [0.2, 0.25) is 0 Å². The van der Waals surface area contributed by atoms with Gasteiger partial charge >= 0.3 is 6.18 Å². The van der Waals surface area contributed by atoms with Crippen molar-refractivity contribution >= 4 is 23.3 Å². The fourth-order valence-corrected chi connectivity index (χ4v) is 3.61. The molecule has 1 aliphatic heterocycles. The number of anilines is 2. The van der Waals surface area contributed by atoms with Crippen LogP contribution in [-0.2, 0) is 18.4 Å². The molecule has 2 amide bonds. The first kappa shape index (κ1) is 22.5. The number of aryl methyl sites for hydroxylation is 1. The lowest BCUT2D eigenvalue weighted by Gasteiger charge is -2.18. The van der Waals surface area contributed by atoms with Gasteiger partial charge in [-0.25, -0.2) is 4.98 Å². The summed E-state index contributed by atoms with van der Waals surface area (Å²) in [6.07, 6.45) is 0.345. The molecule has 0 aliphatic carbocycles. The Morgan fingerprint density at radius 1 is 1.24 bits per heavy atom. The Morgan fingerprint density at radius 3 is 2.67 bits per heavy atom. The summed E-state index contributed by atoms with van der Waals surface area (Å²) in [4.78, 5) is 31.4. The molecule has 0 spiro atoms. The number of carbonyl (C=O) groups is 2. The molecule has 1 saturated heterocycles. The minimum Gasteiger partial charge on any atom is -0.316 e. The van der Waals surface area contributed by atoms with E-state index in [0.29, 0.717) is 35.7 Å². The highest BCUT2D eigenvalue weighted by molar-refractivity contribution is 6.07. The van der Waals surface area contributed by atoms with Gasteiger partial charge in [-0.1, -0.05) is 19.9 Å². The Kier molecular flexibility index (Phi) is 5.46. The fraction of sp³-hybridized carbons (Fsp3) is 0.381. The van der Waals surface area contributed by atoms with Crippen LogP contribution < -0.4 is 10.2 Å². The molecule has 0 radical (unpaired) electrons. The van der Waals surface area contributed by atoms with E-state index in [1.807, 2.05) is 13.8 Å². The number of alkyl halides is 3. The van der Waals surface area contributed by atoms with E-state index in [1.54, 1.807) is 30.3 Å². The third-order valence-electron chi connectivity index (χ3n) is 5.35. The summed E-state index contributed by atoms with van der Waals surface area (Å²) >= 11 is 0. The van der Waals surface area contributed by atoms with E-state index in [0.717, 1.165) is 4.68 Å². The minimum absolute atomic E-state index is 0.0546. The van der Waals surface area contributed by atoms with Crippen LogP contribution >= 0.6 is 0 Å². The monoisotopic (exact) mass is 461 g/mol. The van der Waals surface area contributed by atoms with Crippen LogP contribution in [0, 0.1) is 5.41 Å². The Balaban J connectivity index is 1.55. The number of carbonyl (C=O) groups excluding carboxylic acids is 2. The van der Waals surface area contributed by atoms with E-state index in [1.165, 1.54) is 23.1 Å². The zero-order chi connectivity index (χ0) is 24.0. The zero-order valence-electron chi connectivity index (χ0n) is 18.2. The van der Waals surface area contributed by atoms with E-state index in [2.05, 4.69) is 20.5 Å². The average Bonchev–Trinajstić information content (AvgIpc) is 3.39. The largest absolute Gasteiger partial charge is 0.408 e. The maximum absolute atomic E-state index is 12.9. The summed E-state index contributed by atoms with van der Waals surface area (Å²) in [5.74, 6) is -0.265. The van der Waals surface area contributed by atoms with Crippen LogP contribution in [0.15, 0.2) is 36.8 Å². The minimum atomic E-state index is -4.40. The van der Waals surface area contributed by atoms with Crippen molar-refractivity contribution in [1.82, 2.24) is 24.5 Å². The summed E-state index contributed by atoms with van der Waals surface area (Å²) in [7, 11) is 1.68. The lowest BCUT2D eigenvalue weighted by atomic mass is 9.92. The first-order valence-electron chi connectivity index (χ1n) is 10.2. The molecule has 0 atom stereocenters. The molecule has 1 aliphatic rings. The van der Waals surface area contributed by atoms with Gasteiger partial charge in [-0.3, -0.25) is 23.9 Å². The molecule has 3 aromatic heterocycles. The molecule has 3 aromatic rings. The lowest BCUT2D eigenvalue weighted by Crippen LogP contribution is -2.32. The number of hydrogen-bond acceptors (Lipinski definition) is 5. The van der Waals surface area contributed by atoms with E-state index in [4.69, 9.17) is 0 Å². The van der Waals surface area contributed by atoms with Crippen LogP contribution in [-0.4, -0.2) is 49.1 Å². The molecule has 4 rings (SSSR count). The van der Waals surface area contributed by atoms with Crippen molar-refractivity contribution in [3.8, 4) is 11.3 Å². The van der Waals surface area contributed by atoms with Crippen LogP contribution in [0.4, 0.5) is 24.7 Å². The smallest absolute Gasteiger partial charge is 0.316 e. The number of rotatable bonds is 5. The second kappa shape index (κ2) is 8.01. The van der Waals surface area contributed by atoms with Gasteiger partial charge in [-0.05, 0) is 18.6 Å². The summed E-state index contributed by atoms with van der Waals surface area (Å²) < 4.78 is 40.0. The van der Waals surface area contributed by atoms with Gasteiger partial charge in [-0.2, -0.15) is 23.4 Å². The molecule has 0 saturated carbocycles. The van der Waals surface area contributed by atoms with Crippen LogP contribution in [0.1, 0.15) is 30.8 Å². The summed E-state index contributed by atoms with van der Waals surface area (Å²) in [5, 5.41) is 10.8. The second-order valence-corrected chi connectivity index (χ2v) is 8.53. The molecule has 1 fully saturated rings. The SMILES string of the molecule is Cn1cc(NC(=O)c2cccc(-c3cnn(CC(F)(F)F)c3)n2)c(N2CCC(C)(C)C2=O)n1. The fourth-order valence-electron chi connectivity index (χ4n) is 3.61. The van der Waals surface area contributed by atoms with Crippen molar-refractivity contribution in [2.75, 3.05) is 16.8 Å². The zero-order valence-corrected chi connectivity index (χ0v) is 18.2. The molecule has 9 nitrogen and oxygen atoms in total. The Labute approximate surface area is 187 Å². The molecule has 12 heteroatoms. The maximum atomic E-state index is 12.9. The van der Waals surface area contributed by atoms with Crippen molar-refractivity contribution in [2.24, 2.45) is 12.5 Å². The maximum Gasteiger partial charge on any atom is 0.408 e. The number of nitrogens with one attached hydrogen (secondary N) is 1. The Bertz CT molecular complexity index is 1210.